The van der Waals surface area contributed by atoms with Gasteiger partial charge in [0, 0.05) is 30.6 Å². The second kappa shape index (κ2) is 5.50. The molecule has 21 heavy (non-hydrogen) atoms. The number of aliphatic hydroxyl groups excluding tert-OH is 1. The summed E-state index contributed by atoms with van der Waals surface area (Å²) in [5.41, 5.74) is 0.834. The Bertz CT molecular complexity index is 709. The molecule has 0 aliphatic carbocycles. The first-order valence-corrected chi connectivity index (χ1v) is 7.19. The van der Waals surface area contributed by atoms with Crippen LogP contribution < -0.4 is 5.63 Å². The molecule has 5 nitrogen and oxygen atoms in total. The number of nitrogens with zero attached hydrogens (tertiary/aromatic N) is 1. The third kappa shape index (κ3) is 2.94. The third-order valence-corrected chi connectivity index (χ3v) is 4.21. The van der Waals surface area contributed by atoms with E-state index in [1.165, 1.54) is 12.1 Å². The zero-order valence-corrected chi connectivity index (χ0v) is 12.0. The van der Waals surface area contributed by atoms with Gasteiger partial charge in [-0.2, -0.15) is 0 Å². The van der Waals surface area contributed by atoms with Gasteiger partial charge >= 0.3 is 5.63 Å². The quantitative estimate of drug-likeness (QED) is 0.823. The van der Waals surface area contributed by atoms with Crippen molar-refractivity contribution in [2.24, 2.45) is 5.92 Å². The van der Waals surface area contributed by atoms with Crippen LogP contribution in [0.5, 0.6) is 5.75 Å². The molecule has 1 aliphatic rings. The van der Waals surface area contributed by atoms with E-state index in [1.807, 2.05) is 0 Å². The first kappa shape index (κ1) is 14.1. The molecule has 1 aliphatic heterocycles. The van der Waals surface area contributed by atoms with Gasteiger partial charge in [-0.1, -0.05) is 6.92 Å². The molecule has 1 aromatic carbocycles. The molecule has 2 heterocycles. The number of hydrogen-bond donors (Lipinski definition) is 2. The Labute approximate surface area is 122 Å². The zero-order chi connectivity index (χ0) is 15.0. The van der Waals surface area contributed by atoms with E-state index in [9.17, 15) is 15.0 Å². The highest BCUT2D eigenvalue weighted by atomic mass is 16.4. The van der Waals surface area contributed by atoms with E-state index in [1.54, 1.807) is 12.1 Å². The Hall–Kier alpha value is -1.85. The van der Waals surface area contributed by atoms with Gasteiger partial charge in [-0.25, -0.2) is 4.79 Å². The van der Waals surface area contributed by atoms with Gasteiger partial charge in [-0.05, 0) is 36.6 Å². The molecule has 1 aromatic heterocycles. The Morgan fingerprint density at radius 3 is 2.95 bits per heavy atom. The molecule has 2 aromatic rings. The number of β-amino-alcohol motifs (C(OH)–C–C–N with tert-alkyl or cyclic N) is 1. The summed E-state index contributed by atoms with van der Waals surface area (Å²) in [6.45, 7) is 4.16. The number of likely N-dealkylation sites (tertiary alicyclic amines) is 1. The van der Waals surface area contributed by atoms with E-state index in [4.69, 9.17) is 4.42 Å². The lowest BCUT2D eigenvalue weighted by Crippen LogP contribution is -2.42. The fourth-order valence-electron chi connectivity index (χ4n) is 2.85. The van der Waals surface area contributed by atoms with Gasteiger partial charge in [0.05, 0.1) is 6.10 Å². The molecule has 0 amide bonds. The van der Waals surface area contributed by atoms with Crippen molar-refractivity contribution in [2.75, 3.05) is 13.1 Å². The monoisotopic (exact) mass is 289 g/mol. The van der Waals surface area contributed by atoms with Crippen LogP contribution in [0.2, 0.25) is 0 Å². The van der Waals surface area contributed by atoms with Crippen molar-refractivity contribution < 1.29 is 14.6 Å². The van der Waals surface area contributed by atoms with Crippen LogP contribution in [0.3, 0.4) is 0 Å². The van der Waals surface area contributed by atoms with Crippen LogP contribution in [0, 0.1) is 5.92 Å². The smallest absolute Gasteiger partial charge is 0.336 e. The minimum atomic E-state index is -0.422. The van der Waals surface area contributed by atoms with Crippen molar-refractivity contribution in [1.29, 1.82) is 0 Å². The van der Waals surface area contributed by atoms with E-state index in [0.717, 1.165) is 23.9 Å². The van der Waals surface area contributed by atoms with Crippen molar-refractivity contribution >= 4 is 11.0 Å². The molecular weight excluding hydrogens is 270 g/mol. The minimum Gasteiger partial charge on any atom is -0.508 e. The van der Waals surface area contributed by atoms with Crippen molar-refractivity contribution in [1.82, 2.24) is 4.90 Å². The SMILES string of the molecule is CC1CCN(Cc2cc(=O)oc3cc(O)ccc23)CC1O. The van der Waals surface area contributed by atoms with Gasteiger partial charge in [0.15, 0.2) is 0 Å². The molecule has 1 saturated heterocycles. The van der Waals surface area contributed by atoms with Crippen molar-refractivity contribution in [3.63, 3.8) is 0 Å². The van der Waals surface area contributed by atoms with Crippen molar-refractivity contribution in [3.8, 4) is 5.75 Å². The molecular formula is C16H19NO4. The number of phenolic OH excluding ortho intramolecular Hbond substituents is 1. The highest BCUT2D eigenvalue weighted by Gasteiger charge is 2.24. The van der Waals surface area contributed by atoms with Gasteiger partial charge in [0.25, 0.3) is 0 Å². The van der Waals surface area contributed by atoms with Crippen molar-refractivity contribution in [2.45, 2.75) is 26.0 Å². The van der Waals surface area contributed by atoms with Crippen molar-refractivity contribution in [3.05, 3.63) is 40.2 Å². The number of hydrogen-bond acceptors (Lipinski definition) is 5. The third-order valence-electron chi connectivity index (χ3n) is 4.21. The van der Waals surface area contributed by atoms with E-state index >= 15 is 0 Å². The molecule has 112 valence electrons. The van der Waals surface area contributed by atoms with Gasteiger partial charge < -0.3 is 14.6 Å². The van der Waals surface area contributed by atoms with Crippen LogP contribution in [-0.2, 0) is 6.54 Å². The van der Waals surface area contributed by atoms with E-state index in [2.05, 4.69) is 11.8 Å². The summed E-state index contributed by atoms with van der Waals surface area (Å²) in [7, 11) is 0. The normalized spacial score (nSPS) is 23.5. The molecule has 0 saturated carbocycles. The van der Waals surface area contributed by atoms with E-state index in [-0.39, 0.29) is 11.9 Å². The molecule has 3 rings (SSSR count). The largest absolute Gasteiger partial charge is 0.508 e. The first-order valence-electron chi connectivity index (χ1n) is 7.19. The average molecular weight is 289 g/mol. The Kier molecular flexibility index (Phi) is 3.69. The second-order valence-corrected chi connectivity index (χ2v) is 5.84. The summed E-state index contributed by atoms with van der Waals surface area (Å²) in [4.78, 5) is 13.8. The van der Waals surface area contributed by atoms with Gasteiger partial charge in [0.2, 0.25) is 0 Å². The number of benzene rings is 1. The number of piperidine rings is 1. The molecule has 0 radical (unpaired) electrons. The molecule has 0 spiro atoms. The fourth-order valence-corrected chi connectivity index (χ4v) is 2.85. The number of fused-ring (bicyclic) bond motifs is 1. The predicted octanol–water partition coefficient (Wildman–Crippen LogP) is 1.70. The summed E-state index contributed by atoms with van der Waals surface area (Å²) >= 11 is 0. The Morgan fingerprint density at radius 1 is 1.38 bits per heavy atom. The molecule has 5 heteroatoms. The van der Waals surface area contributed by atoms with Gasteiger partial charge in [-0.15, -0.1) is 0 Å². The Morgan fingerprint density at radius 2 is 2.19 bits per heavy atom. The lowest BCUT2D eigenvalue weighted by Gasteiger charge is -2.34. The molecule has 2 atom stereocenters. The second-order valence-electron chi connectivity index (χ2n) is 5.84. The highest BCUT2D eigenvalue weighted by molar-refractivity contribution is 5.81. The van der Waals surface area contributed by atoms with E-state index in [0.29, 0.717) is 24.6 Å². The molecule has 1 fully saturated rings. The molecule has 2 unspecified atom stereocenters. The Balaban J connectivity index is 1.92. The standard InChI is InChI=1S/C16H19NO4/c1-10-4-5-17(9-14(10)19)8-11-6-16(20)21-15-7-12(18)2-3-13(11)15/h2-3,6-7,10,14,18-19H,4-5,8-9H2,1H3. The maximum atomic E-state index is 11.7. The minimum absolute atomic E-state index is 0.0741. The zero-order valence-electron chi connectivity index (χ0n) is 12.0. The van der Waals surface area contributed by atoms with Crippen LogP contribution in [0.1, 0.15) is 18.9 Å². The maximum Gasteiger partial charge on any atom is 0.336 e. The summed E-state index contributed by atoms with van der Waals surface area (Å²) in [6.07, 6.45) is 0.621. The summed E-state index contributed by atoms with van der Waals surface area (Å²) in [5.74, 6) is 0.390. The topological polar surface area (TPSA) is 73.9 Å². The van der Waals surface area contributed by atoms with Crippen LogP contribution in [-0.4, -0.2) is 34.3 Å². The first-order chi connectivity index (χ1) is 10.0. The van der Waals surface area contributed by atoms with Crippen LogP contribution in [0.4, 0.5) is 0 Å². The number of phenols is 1. The summed E-state index contributed by atoms with van der Waals surface area (Å²) in [5, 5.41) is 20.3. The maximum absolute atomic E-state index is 11.7. The number of aromatic hydroxyl groups is 1. The molecule has 0 bridgehead atoms. The van der Waals surface area contributed by atoms with Gasteiger partial charge in [-0.3, -0.25) is 4.90 Å². The predicted molar refractivity (Wildman–Crippen MR) is 79.2 cm³/mol. The fraction of sp³-hybridized carbons (Fsp3) is 0.438. The summed E-state index contributed by atoms with van der Waals surface area (Å²) < 4.78 is 5.13. The summed E-state index contributed by atoms with van der Waals surface area (Å²) in [6, 6.07) is 6.28. The van der Waals surface area contributed by atoms with Crippen LogP contribution >= 0.6 is 0 Å². The highest BCUT2D eigenvalue weighted by Crippen LogP contribution is 2.24. The molecule has 2 N–H and O–H groups in total. The number of aliphatic hydroxyl groups is 1. The van der Waals surface area contributed by atoms with Gasteiger partial charge in [0.1, 0.15) is 11.3 Å². The average Bonchev–Trinajstić information content (AvgIpc) is 2.42. The number of rotatable bonds is 2. The lowest BCUT2D eigenvalue weighted by molar-refractivity contribution is 0.0260. The van der Waals surface area contributed by atoms with Crippen LogP contribution in [0.25, 0.3) is 11.0 Å². The van der Waals surface area contributed by atoms with Crippen LogP contribution in [0.15, 0.2) is 33.5 Å². The van der Waals surface area contributed by atoms with E-state index < -0.39 is 5.63 Å². The lowest BCUT2D eigenvalue weighted by atomic mass is 9.95.